The maximum absolute atomic E-state index is 13.1. The summed E-state index contributed by atoms with van der Waals surface area (Å²) in [5, 5.41) is 0. The Morgan fingerprint density at radius 3 is 2.43 bits per heavy atom. The van der Waals surface area contributed by atoms with Crippen molar-refractivity contribution in [1.82, 2.24) is 4.90 Å². The molecule has 0 radical (unpaired) electrons. The van der Waals surface area contributed by atoms with Crippen LogP contribution in [0, 0.1) is 23.2 Å². The first kappa shape index (κ1) is 20.8. The molecule has 2 bridgehead atoms. The normalized spacial score (nSPS) is 23.1. The van der Waals surface area contributed by atoms with Gasteiger partial charge in [-0.1, -0.05) is 39.0 Å². The van der Waals surface area contributed by atoms with E-state index in [1.54, 1.807) is 14.2 Å². The maximum atomic E-state index is 13.1. The number of carbonyl (C=O) groups is 1. The highest BCUT2D eigenvalue weighted by atomic mass is 16.5. The lowest BCUT2D eigenvalue weighted by atomic mass is 9.90. The number of rotatable bonds is 8. The highest BCUT2D eigenvalue weighted by Crippen LogP contribution is 2.43. The molecule has 0 spiro atoms. The molecule has 4 heteroatoms. The first-order valence-electron chi connectivity index (χ1n) is 10.5. The topological polar surface area (TPSA) is 38.8 Å². The van der Waals surface area contributed by atoms with E-state index < -0.39 is 0 Å². The highest BCUT2D eigenvalue weighted by molar-refractivity contribution is 5.76. The van der Waals surface area contributed by atoms with Gasteiger partial charge in [-0.05, 0) is 60.1 Å². The van der Waals surface area contributed by atoms with Crippen LogP contribution in [0.15, 0.2) is 30.4 Å². The van der Waals surface area contributed by atoms with Crippen molar-refractivity contribution < 1.29 is 14.3 Å². The lowest BCUT2D eigenvalue weighted by Crippen LogP contribution is -2.39. The van der Waals surface area contributed by atoms with Crippen molar-refractivity contribution in [2.45, 2.75) is 46.5 Å². The number of fused-ring (bicyclic) bond motifs is 2. The third-order valence-corrected chi connectivity index (χ3v) is 6.02. The summed E-state index contributed by atoms with van der Waals surface area (Å²) in [5.74, 6) is 3.77. The number of benzene rings is 1. The van der Waals surface area contributed by atoms with Gasteiger partial charge in [-0.3, -0.25) is 4.79 Å². The van der Waals surface area contributed by atoms with Crippen LogP contribution in [0.2, 0.25) is 0 Å². The van der Waals surface area contributed by atoms with Crippen molar-refractivity contribution in [1.29, 1.82) is 0 Å². The fraction of sp³-hybridized carbons (Fsp3) is 0.625. The standard InChI is InChI=1S/C24H35NO3/c1-24(2,3)15-23(26)25(16-20-13-18-6-8-19(20)12-18)11-10-17-7-9-21(27-4)22(14-17)28-5/h6-9,14,18-20H,10-13,15-16H2,1-5H3. The van der Waals surface area contributed by atoms with Crippen LogP contribution in [0.1, 0.15) is 45.6 Å². The molecule has 28 heavy (non-hydrogen) atoms. The first-order valence-corrected chi connectivity index (χ1v) is 10.5. The summed E-state index contributed by atoms with van der Waals surface area (Å²) in [6.07, 6.45) is 8.67. The van der Waals surface area contributed by atoms with Crippen LogP contribution < -0.4 is 9.47 Å². The van der Waals surface area contributed by atoms with E-state index >= 15 is 0 Å². The van der Waals surface area contributed by atoms with Crippen LogP contribution in [0.3, 0.4) is 0 Å². The summed E-state index contributed by atoms with van der Waals surface area (Å²) >= 11 is 0. The minimum atomic E-state index is 0.00719. The average molecular weight is 386 g/mol. The van der Waals surface area contributed by atoms with Gasteiger partial charge in [0.2, 0.25) is 5.91 Å². The van der Waals surface area contributed by atoms with Gasteiger partial charge in [0.15, 0.2) is 11.5 Å². The van der Waals surface area contributed by atoms with E-state index in [0.29, 0.717) is 18.3 Å². The Hall–Kier alpha value is -1.97. The number of amides is 1. The molecule has 0 saturated heterocycles. The van der Waals surface area contributed by atoms with Crippen LogP contribution in [0.4, 0.5) is 0 Å². The molecule has 1 amide bonds. The zero-order valence-corrected chi connectivity index (χ0v) is 18.0. The zero-order chi connectivity index (χ0) is 20.3. The molecule has 1 fully saturated rings. The monoisotopic (exact) mass is 385 g/mol. The molecule has 0 aromatic heterocycles. The fourth-order valence-electron chi connectivity index (χ4n) is 4.57. The van der Waals surface area contributed by atoms with E-state index in [9.17, 15) is 4.79 Å². The summed E-state index contributed by atoms with van der Waals surface area (Å²) in [4.78, 5) is 15.2. The Morgan fingerprint density at radius 2 is 1.86 bits per heavy atom. The number of carbonyl (C=O) groups excluding carboxylic acids is 1. The van der Waals surface area contributed by atoms with Gasteiger partial charge in [0, 0.05) is 19.5 Å². The van der Waals surface area contributed by atoms with Gasteiger partial charge in [0.05, 0.1) is 14.2 Å². The summed E-state index contributed by atoms with van der Waals surface area (Å²) in [5.41, 5.74) is 1.17. The van der Waals surface area contributed by atoms with Crippen molar-refractivity contribution in [3.63, 3.8) is 0 Å². The van der Waals surface area contributed by atoms with Gasteiger partial charge in [-0.15, -0.1) is 0 Å². The second kappa shape index (κ2) is 8.59. The number of hydrogen-bond donors (Lipinski definition) is 0. The zero-order valence-electron chi connectivity index (χ0n) is 18.0. The largest absolute Gasteiger partial charge is 0.493 e. The van der Waals surface area contributed by atoms with E-state index in [1.807, 2.05) is 12.1 Å². The predicted octanol–water partition coefficient (Wildman–Crippen LogP) is 4.72. The first-order chi connectivity index (χ1) is 13.3. The molecule has 2 aliphatic rings. The molecule has 4 nitrogen and oxygen atoms in total. The summed E-state index contributed by atoms with van der Waals surface area (Å²) in [6, 6.07) is 6.02. The van der Waals surface area contributed by atoms with Crippen LogP contribution in [-0.2, 0) is 11.2 Å². The van der Waals surface area contributed by atoms with Crippen molar-refractivity contribution in [2.24, 2.45) is 23.2 Å². The maximum Gasteiger partial charge on any atom is 0.223 e. The number of methoxy groups -OCH3 is 2. The van der Waals surface area contributed by atoms with E-state index in [1.165, 1.54) is 18.4 Å². The van der Waals surface area contributed by atoms with Gasteiger partial charge >= 0.3 is 0 Å². The van der Waals surface area contributed by atoms with Gasteiger partial charge < -0.3 is 14.4 Å². The number of ether oxygens (including phenoxy) is 2. The van der Waals surface area contributed by atoms with E-state index in [0.717, 1.165) is 36.9 Å². The van der Waals surface area contributed by atoms with Gasteiger partial charge in [0.25, 0.3) is 0 Å². The number of allylic oxidation sites excluding steroid dienone is 2. The fourth-order valence-corrected chi connectivity index (χ4v) is 4.57. The van der Waals surface area contributed by atoms with Gasteiger partial charge in [0.1, 0.15) is 0 Å². The minimum absolute atomic E-state index is 0.00719. The lowest BCUT2D eigenvalue weighted by Gasteiger charge is -2.31. The Balaban J connectivity index is 1.68. The molecule has 1 aromatic rings. The van der Waals surface area contributed by atoms with Crippen molar-refractivity contribution in [2.75, 3.05) is 27.3 Å². The molecule has 1 saturated carbocycles. The van der Waals surface area contributed by atoms with Crippen molar-refractivity contribution in [3.05, 3.63) is 35.9 Å². The summed E-state index contributed by atoms with van der Waals surface area (Å²) < 4.78 is 10.8. The quantitative estimate of drug-likeness (QED) is 0.608. The molecular weight excluding hydrogens is 350 g/mol. The van der Waals surface area contributed by atoms with Crippen LogP contribution >= 0.6 is 0 Å². The molecule has 154 valence electrons. The van der Waals surface area contributed by atoms with Crippen molar-refractivity contribution in [3.8, 4) is 11.5 Å². The summed E-state index contributed by atoms with van der Waals surface area (Å²) in [6.45, 7) is 8.04. The smallest absolute Gasteiger partial charge is 0.223 e. The van der Waals surface area contributed by atoms with E-state index in [2.05, 4.69) is 43.9 Å². The third kappa shape index (κ3) is 5.09. The Kier molecular flexibility index (Phi) is 6.36. The van der Waals surface area contributed by atoms with Crippen LogP contribution in [0.25, 0.3) is 0 Å². The number of nitrogens with zero attached hydrogens (tertiary/aromatic N) is 1. The van der Waals surface area contributed by atoms with Crippen LogP contribution in [0.5, 0.6) is 11.5 Å². The molecule has 1 aromatic carbocycles. The van der Waals surface area contributed by atoms with E-state index in [-0.39, 0.29) is 11.3 Å². The molecule has 2 aliphatic carbocycles. The third-order valence-electron chi connectivity index (χ3n) is 6.02. The van der Waals surface area contributed by atoms with Gasteiger partial charge in [-0.25, -0.2) is 0 Å². The molecule has 3 atom stereocenters. The Morgan fingerprint density at radius 1 is 1.11 bits per heavy atom. The van der Waals surface area contributed by atoms with Crippen LogP contribution in [-0.4, -0.2) is 38.1 Å². The highest BCUT2D eigenvalue weighted by Gasteiger charge is 2.37. The molecule has 0 N–H and O–H groups in total. The molecule has 3 rings (SSSR count). The average Bonchev–Trinajstić information content (AvgIpc) is 3.26. The lowest BCUT2D eigenvalue weighted by molar-refractivity contribution is -0.133. The predicted molar refractivity (Wildman–Crippen MR) is 113 cm³/mol. The molecule has 0 aliphatic heterocycles. The number of hydrogen-bond acceptors (Lipinski definition) is 3. The summed E-state index contributed by atoms with van der Waals surface area (Å²) in [7, 11) is 3.30. The SMILES string of the molecule is COc1ccc(CCN(CC2CC3C=CC2C3)C(=O)CC(C)(C)C)cc1OC. The second-order valence-corrected chi connectivity index (χ2v) is 9.56. The second-order valence-electron chi connectivity index (χ2n) is 9.56. The molecule has 0 heterocycles. The van der Waals surface area contributed by atoms with E-state index in [4.69, 9.17) is 9.47 Å². The minimum Gasteiger partial charge on any atom is -0.493 e. The Labute approximate surface area is 169 Å². The molecule has 3 unspecified atom stereocenters. The van der Waals surface area contributed by atoms with Gasteiger partial charge in [-0.2, -0.15) is 0 Å². The van der Waals surface area contributed by atoms with Crippen molar-refractivity contribution >= 4 is 5.91 Å². The molecular formula is C24H35NO3. The Bertz CT molecular complexity index is 719.